The van der Waals surface area contributed by atoms with E-state index in [-0.39, 0.29) is 12.5 Å². The molecule has 0 saturated carbocycles. The van der Waals surface area contributed by atoms with Gasteiger partial charge in [-0.25, -0.2) is 0 Å². The lowest BCUT2D eigenvalue weighted by atomic mass is 10.2. The van der Waals surface area contributed by atoms with Gasteiger partial charge in [-0.3, -0.25) is 4.79 Å². The highest BCUT2D eigenvalue weighted by atomic mass is 16.5. The number of benzene rings is 2. The molecule has 1 heterocycles. The maximum absolute atomic E-state index is 12.2. The number of ether oxygens (including phenoxy) is 2. The standard InChI is InChI=1S/C20H25N3O3/c1-25-17-9-10-19(26-2)18(13-17)21-14-20(24)22-15-5-7-16(8-6-15)23-11-3-4-12-23/h5-10,13,21H,3-4,11-12,14H2,1-2H3,(H,22,24). The Bertz CT molecular complexity index is 740. The lowest BCUT2D eigenvalue weighted by Crippen LogP contribution is -2.22. The molecule has 2 aromatic rings. The number of nitrogens with zero attached hydrogens (tertiary/aromatic N) is 1. The zero-order chi connectivity index (χ0) is 18.4. The van der Waals surface area contributed by atoms with Gasteiger partial charge in [0.15, 0.2) is 0 Å². The molecule has 1 aliphatic heterocycles. The quantitative estimate of drug-likeness (QED) is 0.797. The molecule has 6 nitrogen and oxygen atoms in total. The third-order valence-electron chi connectivity index (χ3n) is 4.47. The van der Waals surface area contributed by atoms with Crippen LogP contribution >= 0.6 is 0 Å². The minimum atomic E-state index is -0.121. The average Bonchev–Trinajstić information content (AvgIpc) is 3.21. The number of methoxy groups -OCH3 is 2. The van der Waals surface area contributed by atoms with Crippen LogP contribution in [0.5, 0.6) is 11.5 Å². The normalized spacial score (nSPS) is 13.4. The molecule has 1 amide bonds. The summed E-state index contributed by atoms with van der Waals surface area (Å²) in [6.07, 6.45) is 2.50. The van der Waals surface area contributed by atoms with E-state index in [4.69, 9.17) is 9.47 Å². The van der Waals surface area contributed by atoms with Gasteiger partial charge >= 0.3 is 0 Å². The molecule has 1 aliphatic rings. The van der Waals surface area contributed by atoms with Crippen molar-refractivity contribution in [3.8, 4) is 11.5 Å². The van der Waals surface area contributed by atoms with Gasteiger partial charge in [0.25, 0.3) is 0 Å². The van der Waals surface area contributed by atoms with Gasteiger partial charge < -0.3 is 25.0 Å². The minimum Gasteiger partial charge on any atom is -0.497 e. The van der Waals surface area contributed by atoms with Gasteiger partial charge in [-0.2, -0.15) is 0 Å². The Morgan fingerprint density at radius 2 is 1.77 bits per heavy atom. The van der Waals surface area contributed by atoms with Crippen LogP contribution in [0.15, 0.2) is 42.5 Å². The second kappa shape index (κ2) is 8.47. The smallest absolute Gasteiger partial charge is 0.243 e. The van der Waals surface area contributed by atoms with Crippen LogP contribution in [-0.4, -0.2) is 39.8 Å². The molecular weight excluding hydrogens is 330 g/mol. The van der Waals surface area contributed by atoms with E-state index < -0.39 is 0 Å². The predicted octanol–water partition coefficient (Wildman–Crippen LogP) is 3.35. The van der Waals surface area contributed by atoms with Gasteiger partial charge in [-0.15, -0.1) is 0 Å². The lowest BCUT2D eigenvalue weighted by Gasteiger charge is -2.18. The van der Waals surface area contributed by atoms with E-state index in [0.29, 0.717) is 17.2 Å². The second-order valence-electron chi connectivity index (χ2n) is 6.21. The molecule has 0 unspecified atom stereocenters. The summed E-state index contributed by atoms with van der Waals surface area (Å²) < 4.78 is 10.5. The van der Waals surface area contributed by atoms with Crippen LogP contribution in [0.1, 0.15) is 12.8 Å². The number of hydrogen-bond acceptors (Lipinski definition) is 5. The number of amides is 1. The van der Waals surface area contributed by atoms with Crippen molar-refractivity contribution in [1.82, 2.24) is 0 Å². The molecule has 1 saturated heterocycles. The molecule has 0 aliphatic carbocycles. The van der Waals surface area contributed by atoms with Crippen LogP contribution in [0.3, 0.4) is 0 Å². The summed E-state index contributed by atoms with van der Waals surface area (Å²) in [6.45, 7) is 2.35. The summed E-state index contributed by atoms with van der Waals surface area (Å²) in [7, 11) is 3.19. The fourth-order valence-electron chi connectivity index (χ4n) is 3.06. The van der Waals surface area contributed by atoms with Crippen LogP contribution in [-0.2, 0) is 4.79 Å². The van der Waals surface area contributed by atoms with Crippen molar-refractivity contribution in [2.45, 2.75) is 12.8 Å². The molecular formula is C20H25N3O3. The Kier molecular flexibility index (Phi) is 5.84. The molecule has 6 heteroatoms. The Morgan fingerprint density at radius 3 is 2.42 bits per heavy atom. The topological polar surface area (TPSA) is 62.8 Å². The summed E-state index contributed by atoms with van der Waals surface area (Å²) in [5.41, 5.74) is 2.71. The van der Waals surface area contributed by atoms with Crippen molar-refractivity contribution < 1.29 is 14.3 Å². The van der Waals surface area contributed by atoms with Crippen LogP contribution in [0.25, 0.3) is 0 Å². The second-order valence-corrected chi connectivity index (χ2v) is 6.21. The molecule has 0 atom stereocenters. The zero-order valence-corrected chi connectivity index (χ0v) is 15.2. The number of hydrogen-bond donors (Lipinski definition) is 2. The third kappa shape index (κ3) is 4.39. The van der Waals surface area contributed by atoms with Crippen LogP contribution in [0.2, 0.25) is 0 Å². The van der Waals surface area contributed by atoms with E-state index in [1.807, 2.05) is 18.2 Å². The average molecular weight is 355 g/mol. The number of nitrogens with one attached hydrogen (secondary N) is 2. The van der Waals surface area contributed by atoms with Crippen molar-refractivity contribution in [2.75, 3.05) is 49.4 Å². The highest BCUT2D eigenvalue weighted by Gasteiger charge is 2.12. The monoisotopic (exact) mass is 355 g/mol. The van der Waals surface area contributed by atoms with Gasteiger partial charge in [-0.1, -0.05) is 0 Å². The van der Waals surface area contributed by atoms with Crippen molar-refractivity contribution in [2.24, 2.45) is 0 Å². The predicted molar refractivity (Wildman–Crippen MR) is 105 cm³/mol. The first-order valence-corrected chi connectivity index (χ1v) is 8.80. The Balaban J connectivity index is 1.55. The number of rotatable bonds is 7. The summed E-state index contributed by atoms with van der Waals surface area (Å²) in [4.78, 5) is 14.6. The molecule has 0 bridgehead atoms. The van der Waals surface area contributed by atoms with Crippen LogP contribution in [0.4, 0.5) is 17.1 Å². The fourth-order valence-corrected chi connectivity index (χ4v) is 3.06. The SMILES string of the molecule is COc1ccc(OC)c(NCC(=O)Nc2ccc(N3CCCC3)cc2)c1. The van der Waals surface area contributed by atoms with Crippen molar-refractivity contribution in [3.05, 3.63) is 42.5 Å². The zero-order valence-electron chi connectivity index (χ0n) is 15.2. The summed E-state index contributed by atoms with van der Waals surface area (Å²) in [5, 5.41) is 5.99. The van der Waals surface area contributed by atoms with Crippen LogP contribution < -0.4 is 25.0 Å². The minimum absolute atomic E-state index is 0.121. The first-order valence-electron chi connectivity index (χ1n) is 8.80. The van der Waals surface area contributed by atoms with Crippen molar-refractivity contribution in [1.29, 1.82) is 0 Å². The highest BCUT2D eigenvalue weighted by Crippen LogP contribution is 2.28. The maximum Gasteiger partial charge on any atom is 0.243 e. The van der Waals surface area contributed by atoms with E-state index in [9.17, 15) is 4.79 Å². The van der Waals surface area contributed by atoms with Gasteiger partial charge in [0, 0.05) is 30.5 Å². The largest absolute Gasteiger partial charge is 0.497 e. The van der Waals surface area contributed by atoms with E-state index >= 15 is 0 Å². The molecule has 2 aromatic carbocycles. The number of carbonyl (C=O) groups is 1. The lowest BCUT2D eigenvalue weighted by molar-refractivity contribution is -0.114. The van der Waals surface area contributed by atoms with Crippen molar-refractivity contribution in [3.63, 3.8) is 0 Å². The van der Waals surface area contributed by atoms with Crippen molar-refractivity contribution >= 4 is 23.0 Å². The first kappa shape index (κ1) is 17.9. The molecule has 0 radical (unpaired) electrons. The third-order valence-corrected chi connectivity index (χ3v) is 4.47. The summed E-state index contributed by atoms with van der Waals surface area (Å²) >= 11 is 0. The molecule has 0 spiro atoms. The Labute approximate surface area is 154 Å². The molecule has 0 aromatic heterocycles. The molecule has 3 rings (SSSR count). The van der Waals surface area contributed by atoms with Gasteiger partial charge in [-0.05, 0) is 49.2 Å². The van der Waals surface area contributed by atoms with E-state index in [1.54, 1.807) is 26.4 Å². The molecule has 1 fully saturated rings. The van der Waals surface area contributed by atoms with Gasteiger partial charge in [0.1, 0.15) is 11.5 Å². The van der Waals surface area contributed by atoms with Gasteiger partial charge in [0.05, 0.1) is 26.5 Å². The van der Waals surface area contributed by atoms with Crippen LogP contribution in [0, 0.1) is 0 Å². The van der Waals surface area contributed by atoms with E-state index in [2.05, 4.69) is 27.7 Å². The summed E-state index contributed by atoms with van der Waals surface area (Å²) in [5.74, 6) is 1.24. The highest BCUT2D eigenvalue weighted by molar-refractivity contribution is 5.94. The molecule has 2 N–H and O–H groups in total. The van der Waals surface area contributed by atoms with Gasteiger partial charge in [0.2, 0.25) is 5.91 Å². The van der Waals surface area contributed by atoms with E-state index in [0.717, 1.165) is 18.8 Å². The van der Waals surface area contributed by atoms with E-state index in [1.165, 1.54) is 18.5 Å². The fraction of sp³-hybridized carbons (Fsp3) is 0.350. The summed E-state index contributed by atoms with van der Waals surface area (Å²) in [6, 6.07) is 13.4. The molecule has 138 valence electrons. The first-order chi connectivity index (χ1) is 12.7. The Hall–Kier alpha value is -2.89. The number of carbonyl (C=O) groups excluding carboxylic acids is 1. The number of anilines is 3. The maximum atomic E-state index is 12.2. The Morgan fingerprint density at radius 1 is 1.04 bits per heavy atom. The molecule has 26 heavy (non-hydrogen) atoms.